The zero-order chi connectivity index (χ0) is 15.2. The summed E-state index contributed by atoms with van der Waals surface area (Å²) in [5.41, 5.74) is 6.33. The van der Waals surface area contributed by atoms with E-state index in [1.54, 1.807) is 0 Å². The van der Waals surface area contributed by atoms with Crippen molar-refractivity contribution in [2.24, 2.45) is 23.0 Å². The predicted octanol–water partition coefficient (Wildman–Crippen LogP) is 3.61. The van der Waals surface area contributed by atoms with Crippen molar-refractivity contribution in [3.05, 3.63) is 0 Å². The summed E-state index contributed by atoms with van der Waals surface area (Å²) in [7, 11) is 0. The number of nitrogens with two attached hydrogens (primary N) is 1. The van der Waals surface area contributed by atoms with E-state index in [9.17, 15) is 0 Å². The SMILES string of the molecule is CCC(C)(C)C1CCC(CN)C(OCCOC(C)C)C1. The highest BCUT2D eigenvalue weighted by molar-refractivity contribution is 4.88. The molecular formula is C17H35NO2. The van der Waals surface area contributed by atoms with Crippen LogP contribution in [0.25, 0.3) is 0 Å². The molecule has 1 aliphatic carbocycles. The Hall–Kier alpha value is -0.120. The van der Waals surface area contributed by atoms with Crippen LogP contribution in [-0.2, 0) is 9.47 Å². The molecule has 1 aliphatic rings. The Balaban J connectivity index is 2.47. The zero-order valence-electron chi connectivity index (χ0n) is 14.2. The van der Waals surface area contributed by atoms with Gasteiger partial charge in [-0.25, -0.2) is 0 Å². The first-order valence-corrected chi connectivity index (χ1v) is 8.34. The average molecular weight is 285 g/mol. The maximum Gasteiger partial charge on any atom is 0.0704 e. The van der Waals surface area contributed by atoms with Crippen molar-refractivity contribution in [1.82, 2.24) is 0 Å². The summed E-state index contributed by atoms with van der Waals surface area (Å²) in [6, 6.07) is 0. The summed E-state index contributed by atoms with van der Waals surface area (Å²) in [5.74, 6) is 1.28. The molecule has 0 bridgehead atoms. The molecule has 0 aromatic carbocycles. The molecule has 1 fully saturated rings. The third kappa shape index (κ3) is 5.34. The van der Waals surface area contributed by atoms with Gasteiger partial charge in [0.05, 0.1) is 25.4 Å². The summed E-state index contributed by atoms with van der Waals surface area (Å²) in [6.07, 6.45) is 5.49. The Bertz CT molecular complexity index is 266. The number of hydrogen-bond donors (Lipinski definition) is 1. The van der Waals surface area contributed by atoms with Crippen LogP contribution < -0.4 is 5.73 Å². The minimum atomic E-state index is 0.280. The van der Waals surface area contributed by atoms with E-state index >= 15 is 0 Å². The minimum absolute atomic E-state index is 0.280. The highest BCUT2D eigenvalue weighted by Crippen LogP contribution is 2.42. The minimum Gasteiger partial charge on any atom is -0.376 e. The van der Waals surface area contributed by atoms with Crippen molar-refractivity contribution in [2.45, 2.75) is 72.5 Å². The quantitative estimate of drug-likeness (QED) is 0.693. The monoisotopic (exact) mass is 285 g/mol. The van der Waals surface area contributed by atoms with E-state index in [1.165, 1.54) is 19.3 Å². The van der Waals surface area contributed by atoms with Crippen LogP contribution >= 0.6 is 0 Å². The van der Waals surface area contributed by atoms with Crippen molar-refractivity contribution < 1.29 is 9.47 Å². The van der Waals surface area contributed by atoms with Crippen LogP contribution in [0.4, 0.5) is 0 Å². The van der Waals surface area contributed by atoms with E-state index in [0.29, 0.717) is 30.7 Å². The van der Waals surface area contributed by atoms with Gasteiger partial charge in [0.15, 0.2) is 0 Å². The predicted molar refractivity (Wildman–Crippen MR) is 84.8 cm³/mol. The lowest BCUT2D eigenvalue weighted by Crippen LogP contribution is -2.40. The zero-order valence-corrected chi connectivity index (χ0v) is 14.2. The Labute approximate surface area is 125 Å². The van der Waals surface area contributed by atoms with Gasteiger partial charge >= 0.3 is 0 Å². The van der Waals surface area contributed by atoms with Gasteiger partial charge < -0.3 is 15.2 Å². The molecule has 20 heavy (non-hydrogen) atoms. The summed E-state index contributed by atoms with van der Waals surface area (Å²) < 4.78 is 11.7. The fraction of sp³-hybridized carbons (Fsp3) is 1.00. The van der Waals surface area contributed by atoms with Crippen LogP contribution in [-0.4, -0.2) is 32.0 Å². The molecular weight excluding hydrogens is 250 g/mol. The molecule has 0 radical (unpaired) electrons. The second kappa shape index (κ2) is 8.35. The second-order valence-corrected chi connectivity index (χ2v) is 7.18. The first kappa shape index (κ1) is 17.9. The second-order valence-electron chi connectivity index (χ2n) is 7.18. The van der Waals surface area contributed by atoms with E-state index in [4.69, 9.17) is 15.2 Å². The molecule has 0 heterocycles. The summed E-state index contributed by atoms with van der Waals surface area (Å²) >= 11 is 0. The molecule has 3 nitrogen and oxygen atoms in total. The number of rotatable bonds is 8. The Morgan fingerprint density at radius 2 is 1.90 bits per heavy atom. The van der Waals surface area contributed by atoms with Gasteiger partial charge in [0.25, 0.3) is 0 Å². The van der Waals surface area contributed by atoms with Gasteiger partial charge in [-0.05, 0) is 56.9 Å². The molecule has 0 aliphatic heterocycles. The van der Waals surface area contributed by atoms with Crippen LogP contribution in [0.1, 0.15) is 60.3 Å². The number of ether oxygens (including phenoxy) is 2. The van der Waals surface area contributed by atoms with E-state index in [0.717, 1.165) is 18.9 Å². The molecule has 120 valence electrons. The first-order valence-electron chi connectivity index (χ1n) is 8.34. The van der Waals surface area contributed by atoms with Crippen LogP contribution in [0, 0.1) is 17.3 Å². The molecule has 3 unspecified atom stereocenters. The van der Waals surface area contributed by atoms with Gasteiger partial charge in [-0.1, -0.05) is 27.2 Å². The van der Waals surface area contributed by atoms with Gasteiger partial charge in [-0.3, -0.25) is 0 Å². The summed E-state index contributed by atoms with van der Waals surface area (Å²) in [5, 5.41) is 0. The Morgan fingerprint density at radius 1 is 1.20 bits per heavy atom. The van der Waals surface area contributed by atoms with E-state index in [-0.39, 0.29) is 6.10 Å². The maximum atomic E-state index is 6.10. The average Bonchev–Trinajstić information content (AvgIpc) is 2.43. The highest BCUT2D eigenvalue weighted by Gasteiger charge is 2.37. The Kier molecular flexibility index (Phi) is 7.49. The van der Waals surface area contributed by atoms with Crippen LogP contribution in [0.15, 0.2) is 0 Å². The standard InChI is InChI=1S/C17H35NO2/c1-6-17(4,5)15-8-7-14(12-18)16(11-15)20-10-9-19-13(2)3/h13-16H,6-12,18H2,1-5H3. The van der Waals surface area contributed by atoms with Crippen molar-refractivity contribution in [2.75, 3.05) is 19.8 Å². The van der Waals surface area contributed by atoms with E-state index in [1.807, 2.05) is 0 Å². The molecule has 1 rings (SSSR count). The topological polar surface area (TPSA) is 44.5 Å². The third-order valence-electron chi connectivity index (χ3n) is 5.11. The van der Waals surface area contributed by atoms with Gasteiger partial charge in [0, 0.05) is 0 Å². The molecule has 1 saturated carbocycles. The lowest BCUT2D eigenvalue weighted by atomic mass is 9.66. The third-order valence-corrected chi connectivity index (χ3v) is 5.11. The lowest BCUT2D eigenvalue weighted by Gasteiger charge is -2.42. The molecule has 0 saturated heterocycles. The van der Waals surface area contributed by atoms with Gasteiger partial charge in [0.2, 0.25) is 0 Å². The molecule has 3 atom stereocenters. The fourth-order valence-electron chi connectivity index (χ4n) is 3.15. The van der Waals surface area contributed by atoms with E-state index < -0.39 is 0 Å². The largest absolute Gasteiger partial charge is 0.376 e. The summed E-state index contributed by atoms with van der Waals surface area (Å²) in [6.45, 7) is 13.3. The normalized spacial score (nSPS) is 28.1. The molecule has 0 spiro atoms. The van der Waals surface area contributed by atoms with E-state index in [2.05, 4.69) is 34.6 Å². The van der Waals surface area contributed by atoms with Crippen molar-refractivity contribution >= 4 is 0 Å². The lowest BCUT2D eigenvalue weighted by molar-refractivity contribution is -0.0673. The Morgan fingerprint density at radius 3 is 2.45 bits per heavy atom. The van der Waals surface area contributed by atoms with Gasteiger partial charge in [-0.15, -0.1) is 0 Å². The smallest absolute Gasteiger partial charge is 0.0704 e. The molecule has 0 aromatic heterocycles. The molecule has 0 aromatic rings. The van der Waals surface area contributed by atoms with Gasteiger partial charge in [-0.2, -0.15) is 0 Å². The maximum absolute atomic E-state index is 6.10. The van der Waals surface area contributed by atoms with Crippen LogP contribution in [0.5, 0.6) is 0 Å². The molecule has 3 heteroatoms. The fourth-order valence-corrected chi connectivity index (χ4v) is 3.15. The van der Waals surface area contributed by atoms with Crippen LogP contribution in [0.2, 0.25) is 0 Å². The first-order chi connectivity index (χ1) is 9.40. The van der Waals surface area contributed by atoms with Crippen molar-refractivity contribution in [3.8, 4) is 0 Å². The van der Waals surface area contributed by atoms with Crippen molar-refractivity contribution in [1.29, 1.82) is 0 Å². The molecule has 0 amide bonds. The number of hydrogen-bond acceptors (Lipinski definition) is 3. The summed E-state index contributed by atoms with van der Waals surface area (Å²) in [4.78, 5) is 0. The highest BCUT2D eigenvalue weighted by atomic mass is 16.5. The van der Waals surface area contributed by atoms with Crippen molar-refractivity contribution in [3.63, 3.8) is 0 Å². The van der Waals surface area contributed by atoms with Gasteiger partial charge in [0.1, 0.15) is 0 Å². The molecule has 2 N–H and O–H groups in total. The van der Waals surface area contributed by atoms with Crippen LogP contribution in [0.3, 0.4) is 0 Å².